The Kier molecular flexibility index (Phi) is 5.01. The van der Waals surface area contributed by atoms with Crippen molar-refractivity contribution in [3.8, 4) is 5.75 Å². The molecule has 138 valence electrons. The summed E-state index contributed by atoms with van der Waals surface area (Å²) < 4.78 is 94.7. The number of aryl methyl sites for hydroxylation is 1. The predicted octanol–water partition coefficient (Wildman–Crippen LogP) is 5.22. The summed E-state index contributed by atoms with van der Waals surface area (Å²) in [5, 5.41) is -0.851. The van der Waals surface area contributed by atoms with Gasteiger partial charge in [-0.2, -0.15) is 13.2 Å². The number of halogens is 7. The predicted molar refractivity (Wildman–Crippen MR) is 73.9 cm³/mol. The molecule has 0 spiro atoms. The molecule has 1 aromatic heterocycles. The summed E-state index contributed by atoms with van der Waals surface area (Å²) in [5.74, 6) is -4.49. The number of aromatic nitrogens is 1. The minimum absolute atomic E-state index is 0.0323. The zero-order valence-electron chi connectivity index (χ0n) is 12.8. The molecule has 25 heavy (non-hydrogen) atoms. The van der Waals surface area contributed by atoms with Gasteiger partial charge >= 0.3 is 12.5 Å². The van der Waals surface area contributed by atoms with E-state index in [1.807, 2.05) is 0 Å². The molecule has 0 saturated heterocycles. The Bertz CT molecular complexity index is 790. The lowest BCUT2D eigenvalue weighted by Gasteiger charge is -2.12. The molecule has 0 fully saturated rings. The molecule has 0 atom stereocenters. The molecule has 2 aromatic rings. The third-order valence-electron chi connectivity index (χ3n) is 3.41. The molecule has 0 amide bonds. The van der Waals surface area contributed by atoms with Gasteiger partial charge in [-0.05, 0) is 18.6 Å². The van der Waals surface area contributed by atoms with Crippen LogP contribution in [-0.4, -0.2) is 22.9 Å². The first kappa shape index (κ1) is 19.1. The maximum absolute atomic E-state index is 14.1. The molecule has 0 aliphatic heterocycles. The smallest absolute Gasteiger partial charge is 0.405 e. The molecule has 0 radical (unpaired) electrons. The van der Waals surface area contributed by atoms with Crippen molar-refractivity contribution in [1.29, 1.82) is 0 Å². The Morgan fingerprint density at radius 3 is 2.32 bits per heavy atom. The van der Waals surface area contributed by atoms with Gasteiger partial charge in [-0.25, -0.2) is 4.39 Å². The highest BCUT2D eigenvalue weighted by molar-refractivity contribution is 6.12. The van der Waals surface area contributed by atoms with Crippen LogP contribution in [0.3, 0.4) is 0 Å². The van der Waals surface area contributed by atoms with Crippen molar-refractivity contribution >= 4 is 16.7 Å². The lowest BCUT2D eigenvalue weighted by molar-refractivity contribution is -0.274. The molecule has 10 heteroatoms. The van der Waals surface area contributed by atoms with Crippen molar-refractivity contribution in [2.75, 3.05) is 0 Å². The van der Waals surface area contributed by atoms with E-state index in [4.69, 9.17) is 0 Å². The second-order valence-electron chi connectivity index (χ2n) is 5.23. The van der Waals surface area contributed by atoms with Gasteiger partial charge in [0.05, 0.1) is 16.5 Å². The van der Waals surface area contributed by atoms with E-state index in [1.165, 1.54) is 0 Å². The maximum Gasteiger partial charge on any atom is 0.573 e. The number of ether oxygens (including phenoxy) is 1. The number of rotatable bonds is 5. The van der Waals surface area contributed by atoms with Gasteiger partial charge in [0.15, 0.2) is 0 Å². The van der Waals surface area contributed by atoms with Crippen LogP contribution in [0.4, 0.5) is 30.7 Å². The highest BCUT2D eigenvalue weighted by Crippen LogP contribution is 2.38. The fourth-order valence-electron chi connectivity index (χ4n) is 2.41. The number of carbonyl (C=O) groups excluding carboxylic acids is 1. The van der Waals surface area contributed by atoms with Gasteiger partial charge in [-0.3, -0.25) is 4.79 Å². The van der Waals surface area contributed by atoms with Crippen LogP contribution < -0.4 is 4.74 Å². The summed E-state index contributed by atoms with van der Waals surface area (Å²) in [7, 11) is 0. The van der Waals surface area contributed by atoms with E-state index in [9.17, 15) is 35.5 Å². The fraction of sp³-hybridized carbons (Fsp3) is 0.400. The van der Waals surface area contributed by atoms with E-state index >= 15 is 0 Å². The number of ketones is 1. The summed E-state index contributed by atoms with van der Waals surface area (Å²) in [4.78, 5) is 11.6. The average molecular weight is 371 g/mol. The maximum atomic E-state index is 14.1. The number of benzene rings is 1. The van der Waals surface area contributed by atoms with E-state index in [0.717, 1.165) is 4.57 Å². The van der Waals surface area contributed by atoms with Crippen molar-refractivity contribution in [3.63, 3.8) is 0 Å². The number of alkyl halides is 6. The van der Waals surface area contributed by atoms with E-state index in [2.05, 4.69) is 4.74 Å². The molecule has 0 unspecified atom stereocenters. The summed E-state index contributed by atoms with van der Waals surface area (Å²) >= 11 is 0. The van der Waals surface area contributed by atoms with Crippen LogP contribution in [-0.2, 0) is 6.54 Å². The molecular weight excluding hydrogens is 359 g/mol. The first-order chi connectivity index (χ1) is 11.5. The Hall–Kier alpha value is -2.26. The van der Waals surface area contributed by atoms with Gasteiger partial charge in [-0.1, -0.05) is 13.3 Å². The second-order valence-corrected chi connectivity index (χ2v) is 5.23. The molecule has 0 saturated carbocycles. The van der Waals surface area contributed by atoms with Crippen molar-refractivity contribution in [3.05, 3.63) is 29.7 Å². The van der Waals surface area contributed by atoms with E-state index in [-0.39, 0.29) is 6.54 Å². The zero-order chi connectivity index (χ0) is 19.0. The van der Waals surface area contributed by atoms with Gasteiger partial charge in [0.25, 0.3) is 5.78 Å². The fourth-order valence-corrected chi connectivity index (χ4v) is 2.41. The molecule has 0 bridgehead atoms. The number of Topliss-reactive ketones (excluding diaryl/α,β-unsaturated/α-hetero) is 1. The van der Waals surface area contributed by atoms with Crippen LogP contribution >= 0.6 is 0 Å². The molecule has 0 aliphatic carbocycles. The normalized spacial score (nSPS) is 12.6. The van der Waals surface area contributed by atoms with Crippen LogP contribution in [0.25, 0.3) is 10.9 Å². The Labute approximate surface area is 137 Å². The van der Waals surface area contributed by atoms with Crippen molar-refractivity contribution in [2.24, 2.45) is 0 Å². The van der Waals surface area contributed by atoms with Crippen LogP contribution in [0.2, 0.25) is 0 Å². The highest BCUT2D eigenvalue weighted by Gasteiger charge is 2.42. The minimum atomic E-state index is -5.33. The number of fused-ring (bicyclic) bond motifs is 1. The monoisotopic (exact) mass is 371 g/mol. The third kappa shape index (κ3) is 4.05. The molecule has 0 aliphatic rings. The standard InChI is InChI=1S/C15H12F7NO2/c1-2-3-6-23-7-8(13(24)14(17,18)19)11-10(25-15(20,21)22)5-4-9(16)12(11)23/h4-5,7H,2-3,6H2,1H3. The third-order valence-corrected chi connectivity index (χ3v) is 3.41. The van der Waals surface area contributed by atoms with Crippen molar-refractivity contribution < 1.29 is 40.3 Å². The summed E-state index contributed by atoms with van der Waals surface area (Å²) in [6.45, 7) is 1.80. The summed E-state index contributed by atoms with van der Waals surface area (Å²) in [6.07, 6.45) is -8.81. The number of hydrogen-bond donors (Lipinski definition) is 0. The largest absolute Gasteiger partial charge is 0.573 e. The molecule has 3 nitrogen and oxygen atoms in total. The van der Waals surface area contributed by atoms with E-state index in [0.29, 0.717) is 31.2 Å². The van der Waals surface area contributed by atoms with Crippen LogP contribution in [0, 0.1) is 5.82 Å². The molecule has 1 aromatic carbocycles. The van der Waals surface area contributed by atoms with Crippen LogP contribution in [0.15, 0.2) is 18.3 Å². The van der Waals surface area contributed by atoms with Crippen molar-refractivity contribution in [1.82, 2.24) is 4.57 Å². The quantitative estimate of drug-likeness (QED) is 0.533. The Balaban J connectivity index is 2.77. The van der Waals surface area contributed by atoms with Gasteiger partial charge in [-0.15, -0.1) is 13.2 Å². The average Bonchev–Trinajstić information content (AvgIpc) is 2.85. The molecule has 0 N–H and O–H groups in total. The Morgan fingerprint density at radius 1 is 1.16 bits per heavy atom. The zero-order valence-corrected chi connectivity index (χ0v) is 12.8. The van der Waals surface area contributed by atoms with Gasteiger partial charge in [0.1, 0.15) is 11.6 Å². The van der Waals surface area contributed by atoms with Gasteiger partial charge in [0.2, 0.25) is 0 Å². The van der Waals surface area contributed by atoms with E-state index in [1.54, 1.807) is 6.92 Å². The number of carbonyl (C=O) groups is 1. The first-order valence-electron chi connectivity index (χ1n) is 7.14. The lowest BCUT2D eigenvalue weighted by atomic mass is 10.1. The summed E-state index contributed by atoms with van der Waals surface area (Å²) in [5.41, 5.74) is -1.62. The number of nitrogens with zero attached hydrogens (tertiary/aromatic N) is 1. The number of unbranched alkanes of at least 4 members (excludes halogenated alkanes) is 1. The van der Waals surface area contributed by atoms with Gasteiger partial charge < -0.3 is 9.30 Å². The van der Waals surface area contributed by atoms with Crippen LogP contribution in [0.1, 0.15) is 30.1 Å². The van der Waals surface area contributed by atoms with Crippen molar-refractivity contribution in [2.45, 2.75) is 38.8 Å². The minimum Gasteiger partial charge on any atom is -0.405 e. The van der Waals surface area contributed by atoms with Crippen LogP contribution in [0.5, 0.6) is 5.75 Å². The summed E-state index contributed by atoms with van der Waals surface area (Å²) in [6, 6.07) is 1.19. The first-order valence-corrected chi connectivity index (χ1v) is 7.14. The molecule has 1 heterocycles. The second kappa shape index (κ2) is 6.57. The molecule has 2 rings (SSSR count). The lowest BCUT2D eigenvalue weighted by Crippen LogP contribution is -2.23. The Morgan fingerprint density at radius 2 is 1.80 bits per heavy atom. The number of hydrogen-bond acceptors (Lipinski definition) is 2. The topological polar surface area (TPSA) is 31.2 Å². The van der Waals surface area contributed by atoms with Gasteiger partial charge in [0, 0.05) is 12.7 Å². The SMILES string of the molecule is CCCCn1cc(C(=O)C(F)(F)F)c2c(OC(F)(F)F)ccc(F)c21. The van der Waals surface area contributed by atoms with E-state index < -0.39 is 46.4 Å². The molecular formula is C15H12F7NO2. The highest BCUT2D eigenvalue weighted by atomic mass is 19.4.